The second-order valence-electron chi connectivity index (χ2n) is 10.2. The van der Waals surface area contributed by atoms with E-state index in [0.717, 1.165) is 12.0 Å². The molecule has 3 aliphatic heterocycles. The molecule has 178 valence electrons. The van der Waals surface area contributed by atoms with Crippen molar-refractivity contribution in [3.63, 3.8) is 0 Å². The van der Waals surface area contributed by atoms with E-state index in [1.807, 2.05) is 26.0 Å². The van der Waals surface area contributed by atoms with Crippen LogP contribution < -0.4 is 4.90 Å². The van der Waals surface area contributed by atoms with Gasteiger partial charge in [0, 0.05) is 19.9 Å². The third-order valence-corrected chi connectivity index (χ3v) is 7.49. The van der Waals surface area contributed by atoms with E-state index in [9.17, 15) is 5.11 Å². The van der Waals surface area contributed by atoms with Gasteiger partial charge in [0.1, 0.15) is 18.3 Å². The molecule has 0 radical (unpaired) electrons. The summed E-state index contributed by atoms with van der Waals surface area (Å²) < 4.78 is 28.9. The highest BCUT2D eigenvalue weighted by Crippen LogP contribution is 2.47. The number of aliphatic hydroxyl groups is 1. The van der Waals surface area contributed by atoms with Crippen LogP contribution in [0.15, 0.2) is 30.6 Å². The Kier molecular flexibility index (Phi) is 4.17. The maximum absolute atomic E-state index is 9.85. The molecule has 34 heavy (non-hydrogen) atoms. The van der Waals surface area contributed by atoms with Crippen molar-refractivity contribution in [2.24, 2.45) is 5.41 Å². The summed E-state index contributed by atoms with van der Waals surface area (Å²) in [6.45, 7) is 4.92. The summed E-state index contributed by atoms with van der Waals surface area (Å²) in [7, 11) is 0. The second kappa shape index (κ2) is 7.11. The fraction of sp³-hybridized carbons (Fsp3) is 0.542. The molecular weight excluding hydrogens is 458 g/mol. The van der Waals surface area contributed by atoms with Crippen LogP contribution in [0.4, 0.5) is 5.82 Å². The topological polar surface area (TPSA) is 94.8 Å². The third-order valence-electron chi connectivity index (χ3n) is 7.33. The summed E-state index contributed by atoms with van der Waals surface area (Å²) in [5, 5.41) is 9.96. The Hall–Kier alpha value is -2.30. The van der Waals surface area contributed by atoms with Crippen molar-refractivity contribution >= 4 is 28.6 Å². The van der Waals surface area contributed by atoms with Crippen molar-refractivity contribution in [3.05, 3.63) is 47.0 Å². The molecule has 2 aromatic heterocycles. The highest BCUT2D eigenvalue weighted by Gasteiger charge is 2.56. The van der Waals surface area contributed by atoms with Gasteiger partial charge in [-0.1, -0.05) is 24.3 Å². The first-order valence-corrected chi connectivity index (χ1v) is 11.9. The lowest BCUT2D eigenvalue weighted by atomic mass is 9.77. The molecule has 1 spiro atoms. The molecule has 0 saturated carbocycles. The molecule has 5 atom stereocenters. The van der Waals surface area contributed by atoms with Crippen LogP contribution in [0.1, 0.15) is 32.6 Å². The van der Waals surface area contributed by atoms with E-state index in [2.05, 4.69) is 32.0 Å². The van der Waals surface area contributed by atoms with Gasteiger partial charge in [0.2, 0.25) is 5.28 Å². The number of ether oxygens (including phenoxy) is 3. The first-order valence-electron chi connectivity index (χ1n) is 12.1. The van der Waals surface area contributed by atoms with Crippen LogP contribution in [0.2, 0.25) is 5.28 Å². The monoisotopic (exact) mass is 484 g/mol. The number of nitrogens with zero attached hydrogens (tertiary/aromatic N) is 5. The minimum atomic E-state index is -0.781. The lowest BCUT2D eigenvalue weighted by Crippen LogP contribution is -2.57. The van der Waals surface area contributed by atoms with Gasteiger partial charge in [-0.05, 0) is 49.4 Å². The van der Waals surface area contributed by atoms with Crippen LogP contribution >= 0.6 is 11.6 Å². The molecule has 3 fully saturated rings. The molecule has 10 heteroatoms. The molecule has 0 bridgehead atoms. The number of aliphatic hydroxyl groups excluding tert-OH is 1. The minimum absolute atomic E-state index is 0.115. The van der Waals surface area contributed by atoms with Gasteiger partial charge in [-0.2, -0.15) is 9.97 Å². The largest absolute Gasteiger partial charge is 0.394 e. The molecule has 3 aromatic rings. The summed E-state index contributed by atoms with van der Waals surface area (Å²) in [5.74, 6) is -0.124. The van der Waals surface area contributed by atoms with E-state index in [4.69, 9.17) is 27.2 Å². The lowest BCUT2D eigenvalue weighted by Gasteiger charge is -2.49. The zero-order valence-corrected chi connectivity index (χ0v) is 19.6. The Labute approximate surface area is 203 Å². The zero-order chi connectivity index (χ0) is 24.1. The van der Waals surface area contributed by atoms with Gasteiger partial charge in [0.25, 0.3) is 0 Å². The molecule has 1 aliphatic carbocycles. The van der Waals surface area contributed by atoms with Crippen LogP contribution in [0.3, 0.4) is 0 Å². The minimum Gasteiger partial charge on any atom is -0.394 e. The number of anilines is 1. The number of hydrogen-bond acceptors (Lipinski definition) is 8. The number of rotatable bonds is 3. The normalized spacial score (nSPS) is 33.2. The average Bonchev–Trinajstić information content (AvgIpc) is 3.51. The van der Waals surface area contributed by atoms with Crippen molar-refractivity contribution in [1.29, 1.82) is 0 Å². The van der Waals surface area contributed by atoms with E-state index in [1.165, 1.54) is 5.56 Å². The Bertz CT molecular complexity index is 1330. The SMILES string of the molecule is [2H]C1c2ccccc2CC12CN(c1nc(Cl)nc3c1ncn3[C@@H]1O[C@H](CO)[C@H]3OC(C)(C)O[C@H]31)C2. The Morgan fingerprint density at radius 1 is 1.18 bits per heavy atom. The maximum atomic E-state index is 9.85. The molecule has 7 rings (SSSR count). The van der Waals surface area contributed by atoms with Crippen LogP contribution in [-0.4, -0.2) is 68.4 Å². The van der Waals surface area contributed by atoms with E-state index in [1.54, 1.807) is 10.9 Å². The maximum Gasteiger partial charge on any atom is 0.226 e. The van der Waals surface area contributed by atoms with Gasteiger partial charge in [0.05, 0.1) is 12.9 Å². The molecule has 5 heterocycles. The predicted molar refractivity (Wildman–Crippen MR) is 124 cm³/mol. The highest BCUT2D eigenvalue weighted by molar-refractivity contribution is 6.28. The molecule has 4 aliphatic rings. The number of fused-ring (bicyclic) bond motifs is 3. The van der Waals surface area contributed by atoms with Crippen LogP contribution in [0.25, 0.3) is 11.2 Å². The van der Waals surface area contributed by atoms with Gasteiger partial charge in [-0.25, -0.2) is 4.98 Å². The number of imidazole rings is 1. The first-order chi connectivity index (χ1) is 16.8. The van der Waals surface area contributed by atoms with Crippen molar-refractivity contribution in [1.82, 2.24) is 19.5 Å². The molecular formula is C24H26ClN5O4. The lowest BCUT2D eigenvalue weighted by molar-refractivity contribution is -0.199. The smallest absolute Gasteiger partial charge is 0.226 e. The molecule has 3 saturated heterocycles. The van der Waals surface area contributed by atoms with E-state index in [0.29, 0.717) is 30.1 Å². The van der Waals surface area contributed by atoms with Crippen LogP contribution in [-0.2, 0) is 27.0 Å². The molecule has 1 N–H and O–H groups in total. The van der Waals surface area contributed by atoms with E-state index < -0.39 is 30.3 Å². The molecule has 1 unspecified atom stereocenters. The zero-order valence-electron chi connectivity index (χ0n) is 19.9. The fourth-order valence-electron chi connectivity index (χ4n) is 5.98. The van der Waals surface area contributed by atoms with E-state index in [-0.39, 0.29) is 23.7 Å². The summed E-state index contributed by atoms with van der Waals surface area (Å²) in [4.78, 5) is 15.8. The molecule has 1 aromatic carbocycles. The van der Waals surface area contributed by atoms with Gasteiger partial charge >= 0.3 is 0 Å². The third kappa shape index (κ3) is 3.04. The van der Waals surface area contributed by atoms with E-state index >= 15 is 0 Å². The van der Waals surface area contributed by atoms with Crippen molar-refractivity contribution in [2.75, 3.05) is 24.6 Å². The van der Waals surface area contributed by atoms with Gasteiger partial charge in [-0.3, -0.25) is 4.57 Å². The average molecular weight is 485 g/mol. The van der Waals surface area contributed by atoms with Crippen LogP contribution in [0.5, 0.6) is 0 Å². The fourth-order valence-corrected chi connectivity index (χ4v) is 6.14. The number of hydrogen-bond donors (Lipinski definition) is 1. The Morgan fingerprint density at radius 3 is 2.71 bits per heavy atom. The van der Waals surface area contributed by atoms with Crippen molar-refractivity contribution in [3.8, 4) is 0 Å². The summed E-state index contributed by atoms with van der Waals surface area (Å²) >= 11 is 6.39. The highest BCUT2D eigenvalue weighted by atomic mass is 35.5. The summed E-state index contributed by atoms with van der Waals surface area (Å²) in [6.07, 6.45) is 0.360. The predicted octanol–water partition coefficient (Wildman–Crippen LogP) is 2.49. The number of halogens is 1. The molecule has 0 amide bonds. The number of benzene rings is 1. The molecule has 9 nitrogen and oxygen atoms in total. The summed E-state index contributed by atoms with van der Waals surface area (Å²) in [5.41, 5.74) is 3.40. The van der Waals surface area contributed by atoms with Gasteiger partial charge in [0.15, 0.2) is 29.0 Å². The van der Waals surface area contributed by atoms with Gasteiger partial charge < -0.3 is 24.2 Å². The van der Waals surface area contributed by atoms with Crippen LogP contribution in [0, 0.1) is 5.41 Å². The summed E-state index contributed by atoms with van der Waals surface area (Å²) in [6, 6.07) is 8.24. The second-order valence-corrected chi connectivity index (χ2v) is 10.5. The quantitative estimate of drug-likeness (QED) is 0.567. The van der Waals surface area contributed by atoms with Gasteiger partial charge in [-0.15, -0.1) is 0 Å². The first kappa shape index (κ1) is 19.9. The van der Waals surface area contributed by atoms with Crippen molar-refractivity contribution in [2.45, 2.75) is 57.0 Å². The van der Waals surface area contributed by atoms with Crippen molar-refractivity contribution < 1.29 is 20.7 Å². The Morgan fingerprint density at radius 2 is 1.94 bits per heavy atom. The number of aromatic nitrogens is 4. The standard InChI is InChI=1S/C24H26ClN5O4/c1-23(2)33-17-15(9-31)32-21(18(17)34-23)30-12-26-16-19(27-22(25)28-20(16)30)29-10-24(11-29)7-13-5-3-4-6-14(13)8-24/h3-6,12,15,17-18,21,31H,7-11H2,1-2H3/t15-,17-,18-,21-/m1/s1/i7D/t7?,15-,17-,18-,21-. The Balaban J connectivity index is 1.21.